The molecule has 0 atom stereocenters. The zero-order chi connectivity index (χ0) is 34.2. The fourth-order valence-electron chi connectivity index (χ4n) is 8.71. The molecule has 1 N–H and O–H groups in total. The molecule has 1 fully saturated rings. The smallest absolute Gasteiger partial charge is 0.136 e. The van der Waals surface area contributed by atoms with Gasteiger partial charge in [0.05, 0.1) is 0 Å². The molecule has 0 aliphatic carbocycles. The first-order valence-corrected chi connectivity index (χ1v) is 22.4. The van der Waals surface area contributed by atoms with Crippen LogP contribution in [-0.4, -0.2) is 16.9 Å². The Morgan fingerprint density at radius 1 is 0.340 bits per heavy atom. The number of hydrogen-bond donors (Lipinski definition) is 1. The molecule has 0 saturated carbocycles. The maximum atomic E-state index is 13.8. The number of hydrogen-bond acceptors (Lipinski definition) is 2. The molecule has 47 heavy (non-hydrogen) atoms. The molecule has 1 saturated heterocycles. The predicted octanol–water partition coefficient (Wildman–Crippen LogP) is 15.5. The molecule has 0 aromatic carbocycles. The van der Waals surface area contributed by atoms with Crippen LogP contribution in [0.2, 0.25) is 0 Å². The molecule has 2 nitrogen and oxygen atoms in total. The molecule has 0 aromatic heterocycles. The normalized spacial score (nSPS) is 15.9. The van der Waals surface area contributed by atoms with Gasteiger partial charge < -0.3 is 5.32 Å². The molecule has 0 unspecified atom stereocenters. The largest absolute Gasteiger partial charge is 0.305 e. The van der Waals surface area contributed by atoms with Gasteiger partial charge in [0.25, 0.3) is 0 Å². The van der Waals surface area contributed by atoms with Crippen molar-refractivity contribution in [2.45, 2.75) is 283 Å². The molecule has 0 amide bonds. The van der Waals surface area contributed by atoms with Crippen molar-refractivity contribution in [3.05, 3.63) is 0 Å². The molecule has 0 radical (unpaired) electrons. The van der Waals surface area contributed by atoms with Crippen molar-refractivity contribution in [3.8, 4) is 0 Å². The second kappa shape index (κ2) is 31.6. The van der Waals surface area contributed by atoms with Crippen molar-refractivity contribution < 1.29 is 4.79 Å². The van der Waals surface area contributed by atoms with Crippen molar-refractivity contribution in [1.29, 1.82) is 0 Å². The van der Waals surface area contributed by atoms with Crippen LogP contribution in [0.15, 0.2) is 0 Å². The van der Waals surface area contributed by atoms with E-state index in [1.54, 1.807) is 0 Å². The van der Waals surface area contributed by atoms with Crippen LogP contribution in [0.25, 0.3) is 0 Å². The first-order chi connectivity index (χ1) is 23.1. The Balaban J connectivity index is 2.85. The molecule has 1 aliphatic rings. The van der Waals surface area contributed by atoms with E-state index >= 15 is 0 Å². The van der Waals surface area contributed by atoms with Gasteiger partial charge in [0.1, 0.15) is 5.78 Å². The maximum Gasteiger partial charge on any atom is 0.136 e. The summed E-state index contributed by atoms with van der Waals surface area (Å²) in [5, 5.41) is 4.47. The maximum absolute atomic E-state index is 13.8. The van der Waals surface area contributed by atoms with Gasteiger partial charge >= 0.3 is 0 Å². The standard InChI is InChI=1S/C45H89NO/c1-5-9-13-17-21-25-29-33-37-44(38-34-30-26-22-18-14-10-6-2)41-43(47)42-45(46-44,39-35-31-27-23-19-15-11-7-3)40-36-32-28-24-20-16-12-8-4/h46H,5-42H2,1-4H3. The number of ketones is 1. The Labute approximate surface area is 298 Å². The molecule has 0 bridgehead atoms. The van der Waals surface area contributed by atoms with Crippen LogP contribution in [0.4, 0.5) is 0 Å². The van der Waals surface area contributed by atoms with E-state index in [1.165, 1.54) is 231 Å². The van der Waals surface area contributed by atoms with Crippen molar-refractivity contribution >= 4 is 5.78 Å². The molecule has 280 valence electrons. The van der Waals surface area contributed by atoms with Gasteiger partial charge in [-0.05, 0) is 25.7 Å². The van der Waals surface area contributed by atoms with E-state index in [-0.39, 0.29) is 11.1 Å². The van der Waals surface area contributed by atoms with Gasteiger partial charge in [0.15, 0.2) is 0 Å². The van der Waals surface area contributed by atoms with Gasteiger partial charge in [-0.3, -0.25) is 4.79 Å². The number of piperidine rings is 1. The fourth-order valence-corrected chi connectivity index (χ4v) is 8.71. The van der Waals surface area contributed by atoms with Crippen LogP contribution in [0.3, 0.4) is 0 Å². The van der Waals surface area contributed by atoms with Crippen LogP contribution in [0, 0.1) is 0 Å². The highest BCUT2D eigenvalue weighted by atomic mass is 16.1. The minimum absolute atomic E-state index is 0.0556. The number of rotatable bonds is 36. The minimum atomic E-state index is 0.0556. The van der Waals surface area contributed by atoms with Gasteiger partial charge in [-0.25, -0.2) is 0 Å². The van der Waals surface area contributed by atoms with E-state index in [0.29, 0.717) is 5.78 Å². The summed E-state index contributed by atoms with van der Waals surface area (Å²) in [7, 11) is 0. The molecular weight excluding hydrogens is 571 g/mol. The molecular formula is C45H89NO. The predicted molar refractivity (Wildman–Crippen MR) is 212 cm³/mol. The summed E-state index contributed by atoms with van der Waals surface area (Å²) in [5.41, 5.74) is 0.111. The summed E-state index contributed by atoms with van der Waals surface area (Å²) in [6.45, 7) is 9.25. The lowest BCUT2D eigenvalue weighted by Gasteiger charge is -2.50. The quantitative estimate of drug-likeness (QED) is 0.0678. The highest BCUT2D eigenvalue weighted by Gasteiger charge is 2.46. The molecule has 0 spiro atoms. The summed E-state index contributed by atoms with van der Waals surface area (Å²) in [6, 6.07) is 0. The first kappa shape index (κ1) is 44.7. The van der Waals surface area contributed by atoms with E-state index < -0.39 is 0 Å². The van der Waals surface area contributed by atoms with Crippen LogP contribution in [0.5, 0.6) is 0 Å². The average Bonchev–Trinajstić information content (AvgIpc) is 3.06. The number of unbranched alkanes of at least 4 members (excludes halogenated alkanes) is 28. The summed E-state index contributed by atoms with van der Waals surface area (Å²) < 4.78 is 0. The van der Waals surface area contributed by atoms with Crippen LogP contribution >= 0.6 is 0 Å². The third kappa shape index (κ3) is 24.4. The third-order valence-electron chi connectivity index (χ3n) is 11.6. The fraction of sp³-hybridized carbons (Fsp3) is 0.978. The Morgan fingerprint density at radius 2 is 0.532 bits per heavy atom. The number of carbonyl (C=O) groups is 1. The summed E-state index contributed by atoms with van der Waals surface area (Å²) >= 11 is 0. The van der Waals surface area contributed by atoms with Crippen molar-refractivity contribution in [2.24, 2.45) is 0 Å². The Hall–Kier alpha value is -0.370. The third-order valence-corrected chi connectivity index (χ3v) is 11.6. The molecule has 1 aliphatic heterocycles. The first-order valence-electron chi connectivity index (χ1n) is 22.4. The minimum Gasteiger partial charge on any atom is -0.305 e. The summed E-state index contributed by atoms with van der Waals surface area (Å²) in [4.78, 5) is 13.8. The Morgan fingerprint density at radius 3 is 0.745 bits per heavy atom. The van der Waals surface area contributed by atoms with E-state index in [0.717, 1.165) is 12.8 Å². The zero-order valence-corrected chi connectivity index (χ0v) is 33.3. The van der Waals surface area contributed by atoms with E-state index in [4.69, 9.17) is 0 Å². The van der Waals surface area contributed by atoms with Crippen LogP contribution in [-0.2, 0) is 4.79 Å². The van der Waals surface area contributed by atoms with E-state index in [1.807, 2.05) is 0 Å². The van der Waals surface area contributed by atoms with E-state index in [9.17, 15) is 4.79 Å². The lowest BCUT2D eigenvalue weighted by molar-refractivity contribution is -0.126. The second-order valence-corrected chi connectivity index (χ2v) is 16.5. The summed E-state index contributed by atoms with van der Waals surface area (Å²) in [6.07, 6.45) is 50.5. The summed E-state index contributed by atoms with van der Waals surface area (Å²) in [5.74, 6) is 0.585. The monoisotopic (exact) mass is 660 g/mol. The van der Waals surface area contributed by atoms with Gasteiger partial charge in [0.2, 0.25) is 0 Å². The molecule has 2 heteroatoms. The van der Waals surface area contributed by atoms with Crippen molar-refractivity contribution in [2.75, 3.05) is 0 Å². The van der Waals surface area contributed by atoms with Gasteiger partial charge in [0, 0.05) is 23.9 Å². The topological polar surface area (TPSA) is 29.1 Å². The molecule has 1 rings (SSSR count). The highest BCUT2D eigenvalue weighted by Crippen LogP contribution is 2.40. The second-order valence-electron chi connectivity index (χ2n) is 16.5. The lowest BCUT2D eigenvalue weighted by atomic mass is 9.70. The number of nitrogens with one attached hydrogen (secondary N) is 1. The van der Waals surface area contributed by atoms with Crippen LogP contribution in [0.1, 0.15) is 272 Å². The Bertz CT molecular complexity index is 577. The average molecular weight is 660 g/mol. The van der Waals surface area contributed by atoms with E-state index in [2.05, 4.69) is 33.0 Å². The molecule has 1 heterocycles. The molecule has 0 aromatic rings. The SMILES string of the molecule is CCCCCCCCCCC1(CCCCCCCCCC)CC(=O)CC(CCCCCCCCCC)(CCCCCCCCCC)N1. The van der Waals surface area contributed by atoms with Gasteiger partial charge in [-0.15, -0.1) is 0 Å². The van der Waals surface area contributed by atoms with Crippen LogP contribution < -0.4 is 5.32 Å². The zero-order valence-electron chi connectivity index (χ0n) is 33.3. The van der Waals surface area contributed by atoms with Gasteiger partial charge in [-0.2, -0.15) is 0 Å². The van der Waals surface area contributed by atoms with Crippen molar-refractivity contribution in [3.63, 3.8) is 0 Å². The number of Topliss-reactive ketones (excluding diaryl/α,β-unsaturated/α-hetero) is 1. The number of carbonyl (C=O) groups excluding carboxylic acids is 1. The lowest BCUT2D eigenvalue weighted by Crippen LogP contribution is -2.63. The van der Waals surface area contributed by atoms with Crippen molar-refractivity contribution in [1.82, 2.24) is 5.32 Å². The highest BCUT2D eigenvalue weighted by molar-refractivity contribution is 5.82. The van der Waals surface area contributed by atoms with Gasteiger partial charge in [-0.1, -0.05) is 233 Å². The Kier molecular flexibility index (Phi) is 30.0.